The fourth-order valence-corrected chi connectivity index (χ4v) is 2.43. The molecule has 82 valence electrons. The van der Waals surface area contributed by atoms with Crippen molar-refractivity contribution in [2.45, 2.75) is 18.7 Å². The third-order valence-corrected chi connectivity index (χ3v) is 3.48. The number of aromatic carboxylic acids is 1. The highest BCUT2D eigenvalue weighted by Crippen LogP contribution is 2.26. The van der Waals surface area contributed by atoms with E-state index in [1.54, 1.807) is 6.07 Å². The van der Waals surface area contributed by atoms with Gasteiger partial charge < -0.3 is 5.11 Å². The largest absolute Gasteiger partial charge is 0.476 e. The molecule has 3 nitrogen and oxygen atoms in total. The van der Waals surface area contributed by atoms with Crippen molar-refractivity contribution < 1.29 is 9.90 Å². The number of thioether (sulfide) groups is 1. The van der Waals surface area contributed by atoms with Crippen LogP contribution in [-0.2, 0) is 0 Å². The minimum absolute atomic E-state index is 0.129. The highest BCUT2D eigenvalue weighted by atomic mass is 79.9. The van der Waals surface area contributed by atoms with Gasteiger partial charge in [-0.15, -0.1) is 11.8 Å². The zero-order valence-electron chi connectivity index (χ0n) is 8.53. The lowest BCUT2D eigenvalue weighted by molar-refractivity contribution is 0.0686. The molecule has 15 heavy (non-hydrogen) atoms. The minimum Gasteiger partial charge on any atom is -0.476 e. The van der Waals surface area contributed by atoms with E-state index in [-0.39, 0.29) is 5.69 Å². The Balaban J connectivity index is 2.92. The quantitative estimate of drug-likeness (QED) is 0.864. The van der Waals surface area contributed by atoms with Crippen LogP contribution < -0.4 is 0 Å². The number of aromatic nitrogens is 1. The first-order valence-electron chi connectivity index (χ1n) is 4.52. The lowest BCUT2D eigenvalue weighted by Gasteiger charge is -2.07. The van der Waals surface area contributed by atoms with Gasteiger partial charge in [-0.25, -0.2) is 9.78 Å². The molecule has 0 bridgehead atoms. The average Bonchev–Trinajstić information content (AvgIpc) is 2.14. The molecule has 1 N–H and O–H groups in total. The van der Waals surface area contributed by atoms with Crippen molar-refractivity contribution in [3.05, 3.63) is 22.4 Å². The van der Waals surface area contributed by atoms with Crippen molar-refractivity contribution in [1.29, 1.82) is 0 Å². The number of hydrogen-bond acceptors (Lipinski definition) is 3. The SMILES string of the molecule is CC(C)CSc1cc(Br)cnc1C(=O)O. The molecule has 0 saturated heterocycles. The van der Waals surface area contributed by atoms with Crippen LogP contribution in [0, 0.1) is 5.92 Å². The number of carboxylic acids is 1. The summed E-state index contributed by atoms with van der Waals surface area (Å²) in [6.07, 6.45) is 1.50. The van der Waals surface area contributed by atoms with E-state index in [4.69, 9.17) is 5.11 Å². The van der Waals surface area contributed by atoms with Gasteiger partial charge in [0.05, 0.1) is 0 Å². The standard InChI is InChI=1S/C10H12BrNO2S/c1-6(2)5-15-8-3-7(11)4-12-9(8)10(13)14/h3-4,6H,5H2,1-2H3,(H,13,14). The zero-order chi connectivity index (χ0) is 11.4. The molecule has 0 radical (unpaired) electrons. The molecule has 0 aliphatic rings. The Morgan fingerprint density at radius 2 is 2.33 bits per heavy atom. The van der Waals surface area contributed by atoms with Gasteiger partial charge in [0.2, 0.25) is 0 Å². The highest BCUT2D eigenvalue weighted by molar-refractivity contribution is 9.10. The van der Waals surface area contributed by atoms with E-state index in [2.05, 4.69) is 34.8 Å². The maximum Gasteiger partial charge on any atom is 0.355 e. The van der Waals surface area contributed by atoms with Crippen LogP contribution in [0.5, 0.6) is 0 Å². The molecule has 1 heterocycles. The van der Waals surface area contributed by atoms with Gasteiger partial charge in [-0.2, -0.15) is 0 Å². The molecule has 1 rings (SSSR count). The maximum atomic E-state index is 10.9. The number of halogens is 1. The van der Waals surface area contributed by atoms with E-state index in [0.717, 1.165) is 10.2 Å². The van der Waals surface area contributed by atoms with Crippen LogP contribution in [0.4, 0.5) is 0 Å². The van der Waals surface area contributed by atoms with Crippen molar-refractivity contribution >= 4 is 33.7 Å². The predicted octanol–water partition coefficient (Wildman–Crippen LogP) is 3.29. The molecule has 0 unspecified atom stereocenters. The van der Waals surface area contributed by atoms with Crippen LogP contribution in [0.1, 0.15) is 24.3 Å². The third kappa shape index (κ3) is 3.83. The summed E-state index contributed by atoms with van der Waals surface area (Å²) in [6, 6.07) is 1.80. The van der Waals surface area contributed by atoms with Gasteiger partial charge in [-0.3, -0.25) is 0 Å². The second-order valence-corrected chi connectivity index (χ2v) is 5.49. The topological polar surface area (TPSA) is 50.2 Å². The summed E-state index contributed by atoms with van der Waals surface area (Å²) in [6.45, 7) is 4.19. The normalized spacial score (nSPS) is 10.7. The van der Waals surface area contributed by atoms with E-state index in [9.17, 15) is 4.79 Å². The summed E-state index contributed by atoms with van der Waals surface area (Å²) in [5, 5.41) is 8.93. The summed E-state index contributed by atoms with van der Waals surface area (Å²) in [5.41, 5.74) is 0.129. The van der Waals surface area contributed by atoms with Crippen molar-refractivity contribution in [2.75, 3.05) is 5.75 Å². The summed E-state index contributed by atoms with van der Waals surface area (Å²) < 4.78 is 0.804. The molecule has 0 aliphatic carbocycles. The molecule has 0 spiro atoms. The van der Waals surface area contributed by atoms with Crippen molar-refractivity contribution in [2.24, 2.45) is 5.92 Å². The van der Waals surface area contributed by atoms with Crippen LogP contribution in [0.3, 0.4) is 0 Å². The number of nitrogens with zero attached hydrogens (tertiary/aromatic N) is 1. The van der Waals surface area contributed by atoms with Gasteiger partial charge in [0.1, 0.15) is 0 Å². The molecule has 0 aromatic carbocycles. The van der Waals surface area contributed by atoms with Gasteiger partial charge in [-0.05, 0) is 27.9 Å². The molecular weight excluding hydrogens is 278 g/mol. The van der Waals surface area contributed by atoms with Crippen LogP contribution in [-0.4, -0.2) is 21.8 Å². The molecule has 5 heteroatoms. The lowest BCUT2D eigenvalue weighted by Crippen LogP contribution is -2.03. The van der Waals surface area contributed by atoms with Crippen LogP contribution >= 0.6 is 27.7 Å². The Bertz CT molecular complexity index is 368. The van der Waals surface area contributed by atoms with Gasteiger partial charge in [0.15, 0.2) is 5.69 Å². The van der Waals surface area contributed by atoms with Crippen molar-refractivity contribution in [3.63, 3.8) is 0 Å². The third-order valence-electron chi connectivity index (χ3n) is 1.59. The molecular formula is C10H12BrNO2S. The first-order valence-corrected chi connectivity index (χ1v) is 6.30. The number of pyridine rings is 1. The first-order chi connectivity index (χ1) is 7.00. The smallest absolute Gasteiger partial charge is 0.355 e. The maximum absolute atomic E-state index is 10.9. The van der Waals surface area contributed by atoms with E-state index >= 15 is 0 Å². The molecule has 0 aliphatic heterocycles. The number of hydrogen-bond donors (Lipinski definition) is 1. The monoisotopic (exact) mass is 289 g/mol. The molecule has 0 atom stereocenters. The predicted molar refractivity (Wildman–Crippen MR) is 64.5 cm³/mol. The molecule has 0 amide bonds. The minimum atomic E-state index is -0.978. The number of carbonyl (C=O) groups is 1. The Kier molecular flexibility index (Phi) is 4.60. The second kappa shape index (κ2) is 5.51. The molecule has 0 fully saturated rings. The summed E-state index contributed by atoms with van der Waals surface area (Å²) >= 11 is 4.81. The summed E-state index contributed by atoms with van der Waals surface area (Å²) in [4.78, 5) is 15.5. The lowest BCUT2D eigenvalue weighted by atomic mass is 10.3. The Labute approximate surface area is 101 Å². The van der Waals surface area contributed by atoms with Crippen LogP contribution in [0.2, 0.25) is 0 Å². The Morgan fingerprint density at radius 1 is 1.67 bits per heavy atom. The van der Waals surface area contributed by atoms with Gasteiger partial charge >= 0.3 is 5.97 Å². The van der Waals surface area contributed by atoms with E-state index in [1.165, 1.54) is 18.0 Å². The fraction of sp³-hybridized carbons (Fsp3) is 0.400. The number of carboxylic acid groups (broad SMARTS) is 1. The van der Waals surface area contributed by atoms with E-state index in [1.807, 2.05) is 0 Å². The Morgan fingerprint density at radius 3 is 2.87 bits per heavy atom. The average molecular weight is 290 g/mol. The van der Waals surface area contributed by atoms with Crippen molar-refractivity contribution in [1.82, 2.24) is 4.98 Å². The summed E-state index contributed by atoms with van der Waals surface area (Å²) in [5.74, 6) is 0.433. The highest BCUT2D eigenvalue weighted by Gasteiger charge is 2.12. The zero-order valence-corrected chi connectivity index (χ0v) is 10.9. The molecule has 1 aromatic heterocycles. The van der Waals surface area contributed by atoms with E-state index in [0.29, 0.717) is 10.8 Å². The van der Waals surface area contributed by atoms with Gasteiger partial charge in [0, 0.05) is 21.3 Å². The number of rotatable bonds is 4. The first kappa shape index (κ1) is 12.5. The van der Waals surface area contributed by atoms with E-state index < -0.39 is 5.97 Å². The molecule has 0 saturated carbocycles. The van der Waals surface area contributed by atoms with Crippen LogP contribution in [0.25, 0.3) is 0 Å². The fourth-order valence-electron chi connectivity index (χ4n) is 0.948. The summed E-state index contributed by atoms with van der Waals surface area (Å²) in [7, 11) is 0. The Hall–Kier alpha value is -0.550. The van der Waals surface area contributed by atoms with Gasteiger partial charge in [-0.1, -0.05) is 13.8 Å². The van der Waals surface area contributed by atoms with Gasteiger partial charge in [0.25, 0.3) is 0 Å². The van der Waals surface area contributed by atoms with Crippen LogP contribution in [0.15, 0.2) is 21.6 Å². The second-order valence-electron chi connectivity index (χ2n) is 3.51. The van der Waals surface area contributed by atoms with Crippen molar-refractivity contribution in [3.8, 4) is 0 Å². The molecule has 1 aromatic rings.